The van der Waals surface area contributed by atoms with E-state index in [1.54, 1.807) is 18.2 Å². The van der Waals surface area contributed by atoms with Gasteiger partial charge in [0.2, 0.25) is 0 Å². The summed E-state index contributed by atoms with van der Waals surface area (Å²) in [6, 6.07) is 15.7. The lowest BCUT2D eigenvalue weighted by Crippen LogP contribution is -2.17. The SMILES string of the molecule is CCCOP(=O)(OCCC)[C@@H](Nc1ccccc1C(=O)O)c1ccccc1. The van der Waals surface area contributed by atoms with Gasteiger partial charge in [0.15, 0.2) is 5.78 Å². The Bertz CT molecular complexity index is 769. The zero-order valence-corrected chi connectivity index (χ0v) is 16.5. The van der Waals surface area contributed by atoms with Gasteiger partial charge in [0, 0.05) is 5.69 Å². The fourth-order valence-corrected chi connectivity index (χ4v) is 4.63. The highest BCUT2D eigenvalue weighted by Gasteiger charge is 2.38. The van der Waals surface area contributed by atoms with Crippen LogP contribution in [-0.2, 0) is 13.6 Å². The van der Waals surface area contributed by atoms with Gasteiger partial charge in [0.25, 0.3) is 0 Å². The average molecular weight is 391 g/mol. The summed E-state index contributed by atoms with van der Waals surface area (Å²) in [6.45, 7) is 4.42. The first-order valence-electron chi connectivity index (χ1n) is 9.04. The second-order valence-electron chi connectivity index (χ2n) is 6.01. The maximum absolute atomic E-state index is 13.7. The van der Waals surface area contributed by atoms with Crippen molar-refractivity contribution in [3.8, 4) is 0 Å². The third-order valence-electron chi connectivity index (χ3n) is 3.83. The van der Waals surface area contributed by atoms with Crippen molar-refractivity contribution >= 4 is 19.3 Å². The van der Waals surface area contributed by atoms with Gasteiger partial charge >= 0.3 is 13.6 Å². The van der Waals surface area contributed by atoms with E-state index in [0.717, 1.165) is 0 Å². The first kappa shape index (κ1) is 21.2. The summed E-state index contributed by atoms with van der Waals surface area (Å²) in [5.41, 5.74) is 1.16. The summed E-state index contributed by atoms with van der Waals surface area (Å²) in [5.74, 6) is -1.89. The van der Waals surface area contributed by atoms with Gasteiger partial charge in [0.05, 0.1) is 18.8 Å². The van der Waals surface area contributed by atoms with Crippen LogP contribution in [0.3, 0.4) is 0 Å². The van der Waals surface area contributed by atoms with Gasteiger partial charge in [0.1, 0.15) is 0 Å². The van der Waals surface area contributed by atoms with Crippen LogP contribution in [0.4, 0.5) is 5.69 Å². The monoisotopic (exact) mass is 391 g/mol. The molecule has 7 heteroatoms. The number of aromatic carboxylic acids is 1. The summed E-state index contributed by atoms with van der Waals surface area (Å²) in [6.07, 6.45) is 1.37. The highest BCUT2D eigenvalue weighted by molar-refractivity contribution is 7.54. The van der Waals surface area contributed by atoms with E-state index in [9.17, 15) is 14.5 Å². The van der Waals surface area contributed by atoms with Crippen molar-refractivity contribution in [3.63, 3.8) is 0 Å². The highest BCUT2D eigenvalue weighted by Crippen LogP contribution is 2.61. The molecule has 0 aliphatic carbocycles. The van der Waals surface area contributed by atoms with Gasteiger partial charge in [-0.1, -0.05) is 56.3 Å². The Morgan fingerprint density at radius 1 is 1.00 bits per heavy atom. The molecular formula is C20H26NO5P. The Morgan fingerprint density at radius 2 is 1.56 bits per heavy atom. The van der Waals surface area contributed by atoms with Crippen molar-refractivity contribution < 1.29 is 23.5 Å². The Morgan fingerprint density at radius 3 is 2.11 bits per heavy atom. The summed E-state index contributed by atoms with van der Waals surface area (Å²) in [5, 5.41) is 12.6. The normalized spacial score (nSPS) is 12.5. The number of rotatable bonds is 11. The van der Waals surface area contributed by atoms with Crippen molar-refractivity contribution in [1.29, 1.82) is 0 Å². The molecule has 0 radical (unpaired) electrons. The molecule has 1 atom stereocenters. The first-order chi connectivity index (χ1) is 13.0. The molecule has 0 aromatic heterocycles. The van der Waals surface area contributed by atoms with Crippen LogP contribution in [0, 0.1) is 0 Å². The lowest BCUT2D eigenvalue weighted by Gasteiger charge is -2.29. The van der Waals surface area contributed by atoms with E-state index in [1.165, 1.54) is 6.07 Å². The molecule has 0 aliphatic heterocycles. The molecule has 0 aliphatic rings. The lowest BCUT2D eigenvalue weighted by molar-refractivity contribution is 0.0697. The zero-order chi connectivity index (χ0) is 19.7. The quantitative estimate of drug-likeness (QED) is 0.489. The predicted octanol–water partition coefficient (Wildman–Crippen LogP) is 5.54. The van der Waals surface area contributed by atoms with Crippen LogP contribution in [0.2, 0.25) is 0 Å². The molecule has 0 saturated carbocycles. The lowest BCUT2D eigenvalue weighted by atomic mass is 10.1. The molecule has 0 spiro atoms. The van der Waals surface area contributed by atoms with Crippen molar-refractivity contribution in [2.24, 2.45) is 0 Å². The Kier molecular flexibility index (Phi) is 8.04. The number of anilines is 1. The third kappa shape index (κ3) is 5.67. The molecule has 146 valence electrons. The second-order valence-corrected chi connectivity index (χ2v) is 8.13. The smallest absolute Gasteiger partial charge is 0.357 e. The van der Waals surface area contributed by atoms with Crippen LogP contribution in [-0.4, -0.2) is 24.3 Å². The van der Waals surface area contributed by atoms with Crippen molar-refractivity contribution in [2.45, 2.75) is 32.5 Å². The molecule has 0 saturated heterocycles. The maximum Gasteiger partial charge on any atom is 0.357 e. The van der Waals surface area contributed by atoms with E-state index in [2.05, 4.69) is 5.32 Å². The van der Waals surface area contributed by atoms with Crippen LogP contribution in [0.1, 0.15) is 48.4 Å². The molecule has 0 unspecified atom stereocenters. The number of carboxylic acid groups (broad SMARTS) is 1. The van der Waals surface area contributed by atoms with Gasteiger partial charge in [-0.2, -0.15) is 0 Å². The maximum atomic E-state index is 13.7. The zero-order valence-electron chi connectivity index (χ0n) is 15.6. The van der Waals surface area contributed by atoms with E-state index in [4.69, 9.17) is 9.05 Å². The summed E-state index contributed by atoms with van der Waals surface area (Å²) in [7, 11) is -3.60. The molecule has 6 nitrogen and oxygen atoms in total. The molecule has 2 N–H and O–H groups in total. The first-order valence-corrected chi connectivity index (χ1v) is 10.7. The van der Waals surface area contributed by atoms with Gasteiger partial charge in [-0.15, -0.1) is 0 Å². The molecule has 0 fully saturated rings. The van der Waals surface area contributed by atoms with Crippen LogP contribution in [0.5, 0.6) is 0 Å². The third-order valence-corrected chi connectivity index (χ3v) is 5.98. The van der Waals surface area contributed by atoms with Crippen molar-refractivity contribution in [3.05, 3.63) is 65.7 Å². The van der Waals surface area contributed by atoms with Gasteiger partial charge in [-0.05, 0) is 30.5 Å². The van der Waals surface area contributed by atoms with Gasteiger partial charge in [-0.25, -0.2) is 4.79 Å². The van der Waals surface area contributed by atoms with E-state index in [0.29, 0.717) is 24.1 Å². The molecule has 27 heavy (non-hydrogen) atoms. The Hall–Kier alpha value is -2.14. The Balaban J connectivity index is 2.47. The molecule has 2 aromatic rings. The molecular weight excluding hydrogens is 365 g/mol. The van der Waals surface area contributed by atoms with Crippen molar-refractivity contribution in [1.82, 2.24) is 0 Å². The largest absolute Gasteiger partial charge is 0.478 e. The summed E-state index contributed by atoms with van der Waals surface area (Å²) in [4.78, 5) is 11.6. The molecule has 2 rings (SSSR count). The topological polar surface area (TPSA) is 84.9 Å². The van der Waals surface area contributed by atoms with Crippen molar-refractivity contribution in [2.75, 3.05) is 18.5 Å². The standard InChI is InChI=1S/C20H26NO5P/c1-3-14-25-27(24,26-15-4-2)19(16-10-6-5-7-11-16)21-18-13-9-8-12-17(18)20(22)23/h5-13,19,21H,3-4,14-15H2,1-2H3,(H,22,23)/t19-/m1/s1. The van der Waals surface area contributed by atoms with Crippen LogP contribution in [0.15, 0.2) is 54.6 Å². The summed E-state index contributed by atoms with van der Waals surface area (Å²) < 4.78 is 25.0. The predicted molar refractivity (Wildman–Crippen MR) is 106 cm³/mol. The fraction of sp³-hybridized carbons (Fsp3) is 0.350. The van der Waals surface area contributed by atoms with Crippen LogP contribution < -0.4 is 5.32 Å². The minimum atomic E-state index is -3.60. The van der Waals surface area contributed by atoms with Gasteiger partial charge in [-0.3, -0.25) is 4.57 Å². The second kappa shape index (κ2) is 10.3. The molecule has 0 heterocycles. The summed E-state index contributed by atoms with van der Waals surface area (Å²) >= 11 is 0. The number of para-hydroxylation sites is 1. The molecule has 0 amide bonds. The van der Waals surface area contributed by atoms with E-state index < -0.39 is 19.3 Å². The Labute approximate surface area is 160 Å². The minimum Gasteiger partial charge on any atom is -0.478 e. The number of carbonyl (C=O) groups is 1. The number of nitrogens with one attached hydrogen (secondary N) is 1. The van der Waals surface area contributed by atoms with E-state index >= 15 is 0 Å². The van der Waals surface area contributed by atoms with E-state index in [-0.39, 0.29) is 18.8 Å². The fourth-order valence-electron chi connectivity index (χ4n) is 2.55. The minimum absolute atomic E-state index is 0.0935. The number of carboxylic acids is 1. The van der Waals surface area contributed by atoms with E-state index in [1.807, 2.05) is 44.2 Å². The van der Waals surface area contributed by atoms with Gasteiger partial charge < -0.3 is 19.5 Å². The highest BCUT2D eigenvalue weighted by atomic mass is 31.2. The average Bonchev–Trinajstić information content (AvgIpc) is 2.69. The van der Waals surface area contributed by atoms with Crippen LogP contribution in [0.25, 0.3) is 0 Å². The number of hydrogen-bond donors (Lipinski definition) is 2. The van der Waals surface area contributed by atoms with Crippen LogP contribution >= 0.6 is 7.60 Å². The molecule has 2 aromatic carbocycles. The number of benzene rings is 2. The number of hydrogen-bond acceptors (Lipinski definition) is 5. The molecule has 0 bridgehead atoms.